The van der Waals surface area contributed by atoms with Crippen LogP contribution in [0.5, 0.6) is 0 Å². The fourth-order valence-corrected chi connectivity index (χ4v) is 0.716. The van der Waals surface area contributed by atoms with E-state index in [0.717, 1.165) is 0 Å². The van der Waals surface area contributed by atoms with Crippen molar-refractivity contribution in [2.75, 3.05) is 0 Å². The summed E-state index contributed by atoms with van der Waals surface area (Å²) in [5, 5.41) is 0. The predicted molar refractivity (Wildman–Crippen MR) is 32.1 cm³/mol. The van der Waals surface area contributed by atoms with Crippen LogP contribution in [0.15, 0.2) is 23.3 Å². The maximum atomic E-state index is 2.20. The summed E-state index contributed by atoms with van der Waals surface area (Å²) < 4.78 is 0. The van der Waals surface area contributed by atoms with E-state index < -0.39 is 0 Å². The van der Waals surface area contributed by atoms with Crippen LogP contribution < -0.4 is 0 Å². The zero-order chi connectivity index (χ0) is 5.28. The molecule has 0 aromatic rings. The van der Waals surface area contributed by atoms with Gasteiger partial charge in [-0.2, -0.15) is 0 Å². The van der Waals surface area contributed by atoms with E-state index in [1.54, 1.807) is 0 Å². The van der Waals surface area contributed by atoms with Crippen LogP contribution in [0.3, 0.4) is 0 Å². The molecule has 1 heteroatoms. The second-order valence-electron chi connectivity index (χ2n) is 2.07. The summed E-state index contributed by atoms with van der Waals surface area (Å²) in [6, 6.07) is 0. The molecule has 8 heavy (non-hydrogen) atoms. The van der Waals surface area contributed by atoms with Crippen LogP contribution in [0.25, 0.3) is 0 Å². The summed E-state index contributed by atoms with van der Waals surface area (Å²) in [6.07, 6.45) is 5.55. The third kappa shape index (κ3) is 1.49. The summed E-state index contributed by atoms with van der Waals surface area (Å²) in [7, 11) is 0. The summed E-state index contributed by atoms with van der Waals surface area (Å²) in [4.78, 5) is 0. The van der Waals surface area contributed by atoms with Gasteiger partial charge in [0.1, 0.15) is 0 Å². The average Bonchev–Trinajstić information content (AvgIpc) is 1.91. The zero-order valence-electron chi connectivity index (χ0n) is 5.20. The normalized spacial score (nSPS) is 16.8. The molecule has 0 aromatic heterocycles. The van der Waals surface area contributed by atoms with E-state index in [1.165, 1.54) is 17.6 Å². The van der Waals surface area contributed by atoms with Crippen LogP contribution in [0.4, 0.5) is 0 Å². The summed E-state index contributed by atoms with van der Waals surface area (Å²) in [5.74, 6) is 0. The van der Waals surface area contributed by atoms with E-state index in [-0.39, 0.29) is 16.8 Å². The Bertz CT molecular complexity index is 131. The molecule has 0 nitrogen and oxygen atoms in total. The zero-order valence-corrected chi connectivity index (χ0v) is 6.24. The monoisotopic (exact) mass is 153 g/mol. The molecule has 1 radical (unpaired) electrons. The van der Waals surface area contributed by atoms with E-state index >= 15 is 0 Å². The maximum Gasteiger partial charge on any atom is 0 e. The summed E-state index contributed by atoms with van der Waals surface area (Å²) in [5.41, 5.74) is 2.96. The van der Waals surface area contributed by atoms with Gasteiger partial charge >= 0.3 is 0 Å². The summed E-state index contributed by atoms with van der Waals surface area (Å²) in [6.45, 7) is 4.33. The first-order valence-electron chi connectivity index (χ1n) is 2.63. The second kappa shape index (κ2) is 3.10. The fourth-order valence-electron chi connectivity index (χ4n) is 0.716. The van der Waals surface area contributed by atoms with Crippen molar-refractivity contribution in [1.82, 2.24) is 0 Å². The van der Waals surface area contributed by atoms with Gasteiger partial charge in [-0.1, -0.05) is 23.3 Å². The predicted octanol–water partition coefficient (Wildman–Crippen LogP) is 2.28. The Morgan fingerprint density at radius 1 is 1.38 bits per heavy atom. The average molecular weight is 153 g/mol. The molecule has 0 aliphatic heterocycles. The van der Waals surface area contributed by atoms with Gasteiger partial charge in [-0.15, -0.1) is 0 Å². The Morgan fingerprint density at radius 3 is 2.12 bits per heavy atom. The van der Waals surface area contributed by atoms with Gasteiger partial charge in [0.15, 0.2) is 0 Å². The molecule has 0 spiro atoms. The molecule has 0 heterocycles. The van der Waals surface area contributed by atoms with Crippen molar-refractivity contribution in [3.63, 3.8) is 0 Å². The van der Waals surface area contributed by atoms with E-state index in [0.29, 0.717) is 0 Å². The van der Waals surface area contributed by atoms with Gasteiger partial charge < -0.3 is 0 Å². The van der Waals surface area contributed by atoms with Gasteiger partial charge in [0.25, 0.3) is 0 Å². The molecule has 1 aliphatic carbocycles. The topological polar surface area (TPSA) is 0 Å². The molecular weight excluding hydrogens is 143 g/mol. The van der Waals surface area contributed by atoms with E-state index in [9.17, 15) is 0 Å². The Balaban J connectivity index is 0.000000490. The Kier molecular flexibility index (Phi) is 3.10. The van der Waals surface area contributed by atoms with Crippen molar-refractivity contribution in [2.45, 2.75) is 20.3 Å². The molecule has 0 aromatic carbocycles. The fraction of sp³-hybridized carbons (Fsp3) is 0.429. The molecule has 0 saturated carbocycles. The van der Waals surface area contributed by atoms with E-state index in [4.69, 9.17) is 0 Å². The number of hydrogen-bond acceptors (Lipinski definition) is 0. The van der Waals surface area contributed by atoms with Crippen molar-refractivity contribution >= 4 is 0 Å². The second-order valence-corrected chi connectivity index (χ2v) is 2.07. The van der Waals surface area contributed by atoms with Gasteiger partial charge in [-0.3, -0.25) is 0 Å². The van der Waals surface area contributed by atoms with Crippen molar-refractivity contribution in [2.24, 2.45) is 0 Å². The third-order valence-corrected chi connectivity index (χ3v) is 1.47. The van der Waals surface area contributed by atoms with Crippen LogP contribution in [0.2, 0.25) is 0 Å². The molecule has 0 amide bonds. The Hall–Kier alpha value is -0.0135. The van der Waals surface area contributed by atoms with E-state index in [2.05, 4.69) is 26.0 Å². The molecule has 47 valence electrons. The SMILES string of the molecule is CC1=C(C)CC=C1.[Co]. The first kappa shape index (κ1) is 7.99. The number of allylic oxidation sites excluding steroid dienone is 4. The van der Waals surface area contributed by atoms with Gasteiger partial charge in [0, 0.05) is 16.8 Å². The quantitative estimate of drug-likeness (QED) is 0.500. The molecule has 0 unspecified atom stereocenters. The van der Waals surface area contributed by atoms with E-state index in [1.807, 2.05) is 0 Å². The Morgan fingerprint density at radius 2 is 2.00 bits per heavy atom. The van der Waals surface area contributed by atoms with Crippen LogP contribution in [0, 0.1) is 0 Å². The molecule has 0 fully saturated rings. The van der Waals surface area contributed by atoms with Crippen molar-refractivity contribution in [1.29, 1.82) is 0 Å². The van der Waals surface area contributed by atoms with Gasteiger partial charge in [0.2, 0.25) is 0 Å². The first-order chi connectivity index (χ1) is 3.30. The van der Waals surface area contributed by atoms with Crippen molar-refractivity contribution in [3.8, 4) is 0 Å². The molecule has 0 atom stereocenters. The molecule has 1 rings (SSSR count). The van der Waals surface area contributed by atoms with Crippen LogP contribution in [0.1, 0.15) is 20.3 Å². The molecular formula is C7H10Co. The standard InChI is InChI=1S/C7H10.Co/c1-6-4-3-5-7(6)2;/h3-4H,5H2,1-2H3;. The van der Waals surface area contributed by atoms with Crippen molar-refractivity contribution in [3.05, 3.63) is 23.3 Å². The molecule has 0 bridgehead atoms. The maximum absolute atomic E-state index is 2.20. The Labute approximate surface area is 60.9 Å². The smallest absolute Gasteiger partial charge is 0 e. The van der Waals surface area contributed by atoms with Gasteiger partial charge in [0.05, 0.1) is 0 Å². The number of rotatable bonds is 0. The van der Waals surface area contributed by atoms with Crippen LogP contribution >= 0.6 is 0 Å². The molecule has 1 aliphatic rings. The van der Waals surface area contributed by atoms with Gasteiger partial charge in [-0.05, 0) is 20.3 Å². The number of hydrogen-bond donors (Lipinski definition) is 0. The molecule has 0 saturated heterocycles. The van der Waals surface area contributed by atoms with Crippen LogP contribution in [-0.4, -0.2) is 0 Å². The minimum absolute atomic E-state index is 0. The largest absolute Gasteiger partial charge is 0.0802 e. The third-order valence-electron chi connectivity index (χ3n) is 1.47. The minimum Gasteiger partial charge on any atom is -0.0802 e. The van der Waals surface area contributed by atoms with Gasteiger partial charge in [-0.25, -0.2) is 0 Å². The molecule has 0 N–H and O–H groups in total. The summed E-state index contributed by atoms with van der Waals surface area (Å²) >= 11 is 0. The first-order valence-corrected chi connectivity index (χ1v) is 2.63. The minimum atomic E-state index is 0. The van der Waals surface area contributed by atoms with Crippen molar-refractivity contribution < 1.29 is 16.8 Å². The van der Waals surface area contributed by atoms with Crippen LogP contribution in [-0.2, 0) is 16.8 Å².